The number of aliphatic hydroxyl groups excluding tert-OH is 1. The Hall–Kier alpha value is -0.980. The van der Waals surface area contributed by atoms with Gasteiger partial charge in [-0.2, -0.15) is 0 Å². The summed E-state index contributed by atoms with van der Waals surface area (Å²) in [6, 6.07) is 10.1. The van der Waals surface area contributed by atoms with Gasteiger partial charge in [-0.05, 0) is 12.0 Å². The van der Waals surface area contributed by atoms with Gasteiger partial charge in [0, 0.05) is 26.4 Å². The van der Waals surface area contributed by atoms with Crippen LogP contribution in [0.1, 0.15) is 31.2 Å². The molecule has 2 saturated heterocycles. The molecular formula is C18H26O5. The first kappa shape index (κ1) is 16.9. The molecule has 0 amide bonds. The van der Waals surface area contributed by atoms with Crippen molar-refractivity contribution in [3.63, 3.8) is 0 Å². The molecule has 2 aliphatic heterocycles. The summed E-state index contributed by atoms with van der Waals surface area (Å²) in [6.07, 6.45) is 2.33. The van der Waals surface area contributed by atoms with Gasteiger partial charge < -0.3 is 24.1 Å². The van der Waals surface area contributed by atoms with Crippen molar-refractivity contribution in [3.05, 3.63) is 35.9 Å². The molecule has 2 heterocycles. The van der Waals surface area contributed by atoms with Gasteiger partial charge in [-0.25, -0.2) is 0 Å². The second-order valence-corrected chi connectivity index (χ2v) is 6.45. The van der Waals surface area contributed by atoms with Gasteiger partial charge >= 0.3 is 0 Å². The van der Waals surface area contributed by atoms with E-state index in [1.165, 1.54) is 0 Å². The van der Waals surface area contributed by atoms with E-state index in [2.05, 4.69) is 0 Å². The Bertz CT molecular complexity index is 470. The molecule has 23 heavy (non-hydrogen) atoms. The quantitative estimate of drug-likeness (QED) is 0.901. The normalized spacial score (nSPS) is 34.6. The van der Waals surface area contributed by atoms with Crippen LogP contribution in [0.15, 0.2) is 30.3 Å². The molecule has 2 fully saturated rings. The van der Waals surface area contributed by atoms with E-state index in [0.29, 0.717) is 32.7 Å². The van der Waals surface area contributed by atoms with Crippen molar-refractivity contribution in [1.82, 2.24) is 0 Å². The van der Waals surface area contributed by atoms with E-state index in [4.69, 9.17) is 18.9 Å². The lowest BCUT2D eigenvalue weighted by atomic mass is 9.92. The van der Waals surface area contributed by atoms with Crippen molar-refractivity contribution in [2.45, 2.75) is 56.4 Å². The second kappa shape index (κ2) is 7.73. The lowest BCUT2D eigenvalue weighted by Crippen LogP contribution is -2.53. The molecule has 0 bridgehead atoms. The Morgan fingerprint density at radius 1 is 1.30 bits per heavy atom. The van der Waals surface area contributed by atoms with Crippen molar-refractivity contribution in [1.29, 1.82) is 0 Å². The van der Waals surface area contributed by atoms with Crippen LogP contribution in [0.2, 0.25) is 0 Å². The molecule has 1 N–H and O–H groups in total. The first-order chi connectivity index (χ1) is 11.2. The SMILES string of the molecule is CO[C@@H]1CC[C@@]2(C[C@@H](O)C[C@H](COCc3ccccc3)O2)OC1. The maximum Gasteiger partial charge on any atom is 0.171 e. The van der Waals surface area contributed by atoms with Crippen molar-refractivity contribution in [3.8, 4) is 0 Å². The Kier molecular flexibility index (Phi) is 5.67. The maximum atomic E-state index is 10.2. The fourth-order valence-electron chi connectivity index (χ4n) is 3.35. The van der Waals surface area contributed by atoms with E-state index in [9.17, 15) is 5.11 Å². The van der Waals surface area contributed by atoms with Crippen LogP contribution >= 0.6 is 0 Å². The standard InChI is InChI=1S/C18H26O5/c1-20-16-7-8-18(22-13-16)10-15(19)9-17(23-18)12-21-11-14-5-3-2-4-6-14/h2-6,15-17,19H,7-13H2,1H3/t15-,16+,17+,18+/m0/s1. The molecule has 3 rings (SSSR count). The molecule has 5 nitrogen and oxygen atoms in total. The maximum absolute atomic E-state index is 10.2. The number of hydrogen-bond acceptors (Lipinski definition) is 5. The minimum absolute atomic E-state index is 0.121. The summed E-state index contributed by atoms with van der Waals surface area (Å²) in [5.41, 5.74) is 1.13. The summed E-state index contributed by atoms with van der Waals surface area (Å²) in [6.45, 7) is 1.53. The van der Waals surface area contributed by atoms with Gasteiger partial charge in [0.25, 0.3) is 0 Å². The molecule has 128 valence electrons. The number of ether oxygens (including phenoxy) is 4. The number of benzene rings is 1. The summed E-state index contributed by atoms with van der Waals surface area (Å²) >= 11 is 0. The Balaban J connectivity index is 1.50. The monoisotopic (exact) mass is 322 g/mol. The predicted octanol–water partition coefficient (Wildman–Crippen LogP) is 2.26. The highest BCUT2D eigenvalue weighted by molar-refractivity contribution is 5.13. The van der Waals surface area contributed by atoms with Gasteiger partial charge in [-0.15, -0.1) is 0 Å². The third-order valence-corrected chi connectivity index (χ3v) is 4.59. The molecule has 0 aromatic heterocycles. The van der Waals surface area contributed by atoms with Crippen LogP contribution in [0.4, 0.5) is 0 Å². The first-order valence-corrected chi connectivity index (χ1v) is 8.33. The lowest BCUT2D eigenvalue weighted by Gasteiger charge is -2.46. The molecule has 1 aromatic rings. The van der Waals surface area contributed by atoms with Gasteiger partial charge in [-0.3, -0.25) is 0 Å². The van der Waals surface area contributed by atoms with Gasteiger partial charge in [0.15, 0.2) is 5.79 Å². The van der Waals surface area contributed by atoms with Crippen LogP contribution < -0.4 is 0 Å². The average Bonchev–Trinajstić information content (AvgIpc) is 2.56. The summed E-state index contributed by atoms with van der Waals surface area (Å²) in [7, 11) is 1.70. The highest BCUT2D eigenvalue weighted by Gasteiger charge is 2.45. The fourth-order valence-corrected chi connectivity index (χ4v) is 3.35. The molecular weight excluding hydrogens is 296 g/mol. The van der Waals surface area contributed by atoms with Gasteiger partial charge in [0.1, 0.15) is 0 Å². The van der Waals surface area contributed by atoms with E-state index in [1.807, 2.05) is 30.3 Å². The van der Waals surface area contributed by atoms with Crippen molar-refractivity contribution >= 4 is 0 Å². The summed E-state index contributed by atoms with van der Waals surface area (Å²) < 4.78 is 23.2. The lowest BCUT2D eigenvalue weighted by molar-refractivity contribution is -0.325. The second-order valence-electron chi connectivity index (χ2n) is 6.45. The van der Waals surface area contributed by atoms with Crippen LogP contribution in [0, 0.1) is 0 Å². The number of aliphatic hydroxyl groups is 1. The van der Waals surface area contributed by atoms with Crippen LogP contribution in [-0.2, 0) is 25.6 Å². The zero-order valence-electron chi connectivity index (χ0n) is 13.6. The van der Waals surface area contributed by atoms with Gasteiger partial charge in [-0.1, -0.05) is 30.3 Å². The number of methoxy groups -OCH3 is 1. The molecule has 0 radical (unpaired) electrons. The minimum atomic E-state index is -0.673. The predicted molar refractivity (Wildman–Crippen MR) is 84.9 cm³/mol. The van der Waals surface area contributed by atoms with E-state index >= 15 is 0 Å². The first-order valence-electron chi connectivity index (χ1n) is 8.33. The third kappa shape index (κ3) is 4.52. The molecule has 5 heteroatoms. The van der Waals surface area contributed by atoms with Crippen molar-refractivity contribution in [2.75, 3.05) is 20.3 Å². The summed E-state index contributed by atoms with van der Waals surface area (Å²) in [5.74, 6) is -0.673. The summed E-state index contributed by atoms with van der Waals surface area (Å²) in [4.78, 5) is 0. The van der Waals surface area contributed by atoms with E-state index < -0.39 is 11.9 Å². The van der Waals surface area contributed by atoms with Crippen LogP contribution in [-0.4, -0.2) is 49.5 Å². The Morgan fingerprint density at radius 2 is 2.13 bits per heavy atom. The van der Waals surface area contributed by atoms with E-state index in [1.54, 1.807) is 7.11 Å². The number of rotatable bonds is 5. The minimum Gasteiger partial charge on any atom is -0.393 e. The molecule has 1 aromatic carbocycles. The molecule has 2 aliphatic rings. The molecule has 0 saturated carbocycles. The third-order valence-electron chi connectivity index (χ3n) is 4.59. The molecule has 0 aliphatic carbocycles. The molecule has 4 atom stereocenters. The largest absolute Gasteiger partial charge is 0.393 e. The summed E-state index contributed by atoms with van der Waals surface area (Å²) in [5, 5.41) is 10.2. The zero-order chi connectivity index (χ0) is 16.1. The topological polar surface area (TPSA) is 57.2 Å². The van der Waals surface area contributed by atoms with E-state index in [-0.39, 0.29) is 12.2 Å². The Labute approximate surface area is 137 Å². The van der Waals surface area contributed by atoms with Crippen molar-refractivity contribution in [2.24, 2.45) is 0 Å². The zero-order valence-corrected chi connectivity index (χ0v) is 13.6. The average molecular weight is 322 g/mol. The van der Waals surface area contributed by atoms with Gasteiger partial charge in [0.05, 0.1) is 38.1 Å². The fraction of sp³-hybridized carbons (Fsp3) is 0.667. The van der Waals surface area contributed by atoms with Crippen LogP contribution in [0.3, 0.4) is 0 Å². The van der Waals surface area contributed by atoms with Crippen LogP contribution in [0.25, 0.3) is 0 Å². The molecule has 0 unspecified atom stereocenters. The Morgan fingerprint density at radius 3 is 2.83 bits per heavy atom. The highest BCUT2D eigenvalue weighted by Crippen LogP contribution is 2.37. The molecule has 1 spiro atoms. The van der Waals surface area contributed by atoms with Crippen molar-refractivity contribution < 1.29 is 24.1 Å². The smallest absolute Gasteiger partial charge is 0.171 e. The van der Waals surface area contributed by atoms with Gasteiger partial charge in [0.2, 0.25) is 0 Å². The van der Waals surface area contributed by atoms with Crippen LogP contribution in [0.5, 0.6) is 0 Å². The number of hydrogen-bond donors (Lipinski definition) is 1. The van der Waals surface area contributed by atoms with E-state index in [0.717, 1.165) is 18.4 Å². The highest BCUT2D eigenvalue weighted by atomic mass is 16.7.